The molecule has 2 aromatic carbocycles. The van der Waals surface area contributed by atoms with E-state index in [1.54, 1.807) is 0 Å². The van der Waals surface area contributed by atoms with Crippen molar-refractivity contribution in [3.8, 4) is 11.1 Å². The lowest BCUT2D eigenvalue weighted by Crippen LogP contribution is -2.36. The van der Waals surface area contributed by atoms with Crippen LogP contribution in [-0.2, 0) is 14.3 Å². The Labute approximate surface area is 195 Å². The van der Waals surface area contributed by atoms with Crippen molar-refractivity contribution in [3.63, 3.8) is 0 Å². The molecule has 3 aromatic rings. The predicted octanol–water partition coefficient (Wildman–Crippen LogP) is 5.74. The molecule has 1 aliphatic rings. The smallest absolute Gasteiger partial charge is 0.341 e. The molecular weight excluding hydrogens is 438 g/mol. The number of aliphatic carboxylic acids is 1. The van der Waals surface area contributed by atoms with E-state index >= 15 is 0 Å². The van der Waals surface area contributed by atoms with Gasteiger partial charge in [-0.15, -0.1) is 11.3 Å². The quantitative estimate of drug-likeness (QED) is 0.372. The van der Waals surface area contributed by atoms with E-state index in [4.69, 9.17) is 4.74 Å². The molecule has 0 saturated carbocycles. The van der Waals surface area contributed by atoms with Crippen molar-refractivity contribution in [1.82, 2.24) is 0 Å². The Morgan fingerprint density at radius 1 is 0.970 bits per heavy atom. The van der Waals surface area contributed by atoms with E-state index in [-0.39, 0.29) is 5.56 Å². The van der Waals surface area contributed by atoms with Gasteiger partial charge in [0.15, 0.2) is 0 Å². The number of anilines is 1. The molecule has 0 fully saturated rings. The van der Waals surface area contributed by atoms with Crippen molar-refractivity contribution in [1.29, 1.82) is 0 Å². The van der Waals surface area contributed by atoms with Crippen LogP contribution >= 0.6 is 11.3 Å². The Hall–Kier alpha value is -3.45. The standard InChI is InChI=1S/C26H25NO5S/c1-14-11-19(20(25(29)30)12-15(14)2)23(28)27-24-22(26(31)32-3)21(13-33-24)18-10-6-8-16-7-4-5-9-17(16)18/h4-10,13,19-20H,11-12H2,1-3H3,(H,27,28)(H,29,30)/t19-,20+/m0/s1. The Balaban J connectivity index is 1.74. The molecule has 1 amide bonds. The van der Waals surface area contributed by atoms with Gasteiger partial charge in [-0.05, 0) is 43.0 Å². The molecule has 170 valence electrons. The minimum atomic E-state index is -0.988. The van der Waals surface area contributed by atoms with E-state index in [0.717, 1.165) is 27.5 Å². The summed E-state index contributed by atoms with van der Waals surface area (Å²) in [6.07, 6.45) is 0.721. The fourth-order valence-electron chi connectivity index (χ4n) is 4.45. The summed E-state index contributed by atoms with van der Waals surface area (Å²) in [5.74, 6) is -3.45. The van der Waals surface area contributed by atoms with Gasteiger partial charge in [-0.1, -0.05) is 53.6 Å². The van der Waals surface area contributed by atoms with E-state index in [0.29, 0.717) is 23.4 Å². The van der Waals surface area contributed by atoms with E-state index in [1.807, 2.05) is 61.7 Å². The zero-order chi connectivity index (χ0) is 23.7. The number of hydrogen-bond donors (Lipinski definition) is 2. The monoisotopic (exact) mass is 463 g/mol. The molecule has 7 heteroatoms. The molecule has 1 aliphatic carbocycles. The molecule has 1 heterocycles. The van der Waals surface area contributed by atoms with Crippen molar-refractivity contribution in [2.24, 2.45) is 11.8 Å². The van der Waals surface area contributed by atoms with Crippen LogP contribution in [0.2, 0.25) is 0 Å². The maximum absolute atomic E-state index is 13.2. The molecule has 0 bridgehead atoms. The first-order valence-electron chi connectivity index (χ1n) is 10.7. The second-order valence-electron chi connectivity index (χ2n) is 8.38. The second kappa shape index (κ2) is 9.19. The number of benzene rings is 2. The van der Waals surface area contributed by atoms with E-state index in [9.17, 15) is 19.5 Å². The Morgan fingerprint density at radius 2 is 1.64 bits per heavy atom. The fourth-order valence-corrected chi connectivity index (χ4v) is 5.40. The van der Waals surface area contributed by atoms with Gasteiger partial charge in [0.25, 0.3) is 0 Å². The number of esters is 1. The van der Waals surface area contributed by atoms with E-state index in [2.05, 4.69) is 5.32 Å². The summed E-state index contributed by atoms with van der Waals surface area (Å²) >= 11 is 1.23. The lowest BCUT2D eigenvalue weighted by Gasteiger charge is -2.29. The summed E-state index contributed by atoms with van der Waals surface area (Å²) in [7, 11) is 1.30. The van der Waals surface area contributed by atoms with Gasteiger partial charge in [-0.2, -0.15) is 0 Å². The van der Waals surface area contributed by atoms with Crippen LogP contribution in [0.15, 0.2) is 59.0 Å². The number of thiophene rings is 1. The van der Waals surface area contributed by atoms with Gasteiger partial charge in [0.05, 0.1) is 18.9 Å². The molecule has 4 rings (SSSR count). The molecule has 1 aromatic heterocycles. The molecular formula is C26H25NO5S. The average Bonchev–Trinajstić information content (AvgIpc) is 3.22. The number of carboxylic acids is 1. The molecule has 2 atom stereocenters. The molecule has 0 spiro atoms. The third-order valence-corrected chi connectivity index (χ3v) is 7.31. The lowest BCUT2D eigenvalue weighted by atomic mass is 9.76. The molecule has 2 N–H and O–H groups in total. The molecule has 6 nitrogen and oxygen atoms in total. The zero-order valence-electron chi connectivity index (χ0n) is 18.7. The molecule has 0 radical (unpaired) electrons. The minimum absolute atomic E-state index is 0.276. The summed E-state index contributed by atoms with van der Waals surface area (Å²) < 4.78 is 5.04. The first-order valence-corrected chi connectivity index (χ1v) is 11.6. The largest absolute Gasteiger partial charge is 0.481 e. The number of rotatable bonds is 5. The van der Waals surface area contributed by atoms with Crippen molar-refractivity contribution in [2.45, 2.75) is 26.7 Å². The normalized spacial score (nSPS) is 18.3. The summed E-state index contributed by atoms with van der Waals surface area (Å²) in [5.41, 5.74) is 3.85. The van der Waals surface area contributed by atoms with E-state index < -0.39 is 29.7 Å². The van der Waals surface area contributed by atoms with E-state index in [1.165, 1.54) is 18.4 Å². The van der Waals surface area contributed by atoms with Crippen LogP contribution in [0, 0.1) is 11.8 Å². The summed E-state index contributed by atoms with van der Waals surface area (Å²) in [4.78, 5) is 37.8. The average molecular weight is 464 g/mol. The van der Waals surface area contributed by atoms with Crippen LogP contribution in [0.5, 0.6) is 0 Å². The number of ether oxygens (including phenoxy) is 1. The number of amides is 1. The van der Waals surface area contributed by atoms with Gasteiger partial charge in [0.1, 0.15) is 10.6 Å². The van der Waals surface area contributed by atoms with Gasteiger partial charge in [-0.3, -0.25) is 9.59 Å². The number of hydrogen-bond acceptors (Lipinski definition) is 5. The Bertz CT molecular complexity index is 1280. The van der Waals surface area contributed by atoms with Gasteiger partial charge in [0, 0.05) is 10.9 Å². The van der Waals surface area contributed by atoms with Crippen molar-refractivity contribution >= 4 is 45.0 Å². The summed E-state index contributed by atoms with van der Waals surface area (Å²) in [6, 6.07) is 13.7. The molecule has 0 saturated heterocycles. The highest BCUT2D eigenvalue weighted by Gasteiger charge is 2.38. The topological polar surface area (TPSA) is 92.7 Å². The Morgan fingerprint density at radius 3 is 2.33 bits per heavy atom. The van der Waals surface area contributed by atoms with Gasteiger partial charge in [-0.25, -0.2) is 4.79 Å². The number of carbonyl (C=O) groups is 3. The van der Waals surface area contributed by atoms with Crippen LogP contribution in [0.3, 0.4) is 0 Å². The van der Waals surface area contributed by atoms with Crippen molar-refractivity contribution in [3.05, 3.63) is 64.6 Å². The SMILES string of the molecule is COC(=O)c1c(-c2cccc3ccccc23)csc1NC(=O)[C@H]1CC(C)=C(C)C[C@H]1C(=O)O. The van der Waals surface area contributed by atoms with Crippen LogP contribution in [-0.4, -0.2) is 30.1 Å². The first kappa shape index (κ1) is 22.7. The number of nitrogens with one attached hydrogen (secondary N) is 1. The van der Waals surface area contributed by atoms with Gasteiger partial charge >= 0.3 is 11.9 Å². The zero-order valence-corrected chi connectivity index (χ0v) is 19.5. The predicted molar refractivity (Wildman–Crippen MR) is 129 cm³/mol. The third kappa shape index (κ3) is 4.28. The number of carboxylic acid groups (broad SMARTS) is 1. The third-order valence-electron chi connectivity index (χ3n) is 6.42. The number of methoxy groups -OCH3 is 1. The van der Waals surface area contributed by atoms with Crippen molar-refractivity contribution in [2.75, 3.05) is 12.4 Å². The highest BCUT2D eigenvalue weighted by Crippen LogP contribution is 2.41. The van der Waals surface area contributed by atoms with Gasteiger partial charge in [0.2, 0.25) is 5.91 Å². The summed E-state index contributed by atoms with van der Waals surface area (Å²) in [6.45, 7) is 3.84. The number of fused-ring (bicyclic) bond motifs is 1. The highest BCUT2D eigenvalue weighted by molar-refractivity contribution is 7.15. The van der Waals surface area contributed by atoms with Crippen LogP contribution in [0.4, 0.5) is 5.00 Å². The lowest BCUT2D eigenvalue weighted by molar-refractivity contribution is -0.146. The second-order valence-corrected chi connectivity index (χ2v) is 9.26. The fraction of sp³-hybridized carbons (Fsp3) is 0.269. The number of carbonyl (C=O) groups excluding carboxylic acids is 2. The minimum Gasteiger partial charge on any atom is -0.481 e. The van der Waals surface area contributed by atoms with Gasteiger partial charge < -0.3 is 15.2 Å². The molecule has 0 aliphatic heterocycles. The molecule has 33 heavy (non-hydrogen) atoms. The maximum atomic E-state index is 13.2. The maximum Gasteiger partial charge on any atom is 0.341 e. The number of allylic oxidation sites excluding steroid dienone is 2. The highest BCUT2D eigenvalue weighted by atomic mass is 32.1. The molecule has 0 unspecified atom stereocenters. The van der Waals surface area contributed by atoms with Crippen LogP contribution in [0.25, 0.3) is 21.9 Å². The van der Waals surface area contributed by atoms with Crippen molar-refractivity contribution < 1.29 is 24.2 Å². The summed E-state index contributed by atoms with van der Waals surface area (Å²) in [5, 5.41) is 16.7. The van der Waals surface area contributed by atoms with Crippen LogP contribution < -0.4 is 5.32 Å². The van der Waals surface area contributed by atoms with Crippen LogP contribution in [0.1, 0.15) is 37.0 Å². The first-order chi connectivity index (χ1) is 15.8. The Kier molecular flexibility index (Phi) is 6.33.